The molecule has 1 aliphatic heterocycles. The van der Waals surface area contributed by atoms with Gasteiger partial charge in [-0.15, -0.1) is 0 Å². The molecule has 25 heavy (non-hydrogen) atoms. The van der Waals surface area contributed by atoms with Gasteiger partial charge >= 0.3 is 11.7 Å². The van der Waals surface area contributed by atoms with E-state index in [1.165, 1.54) is 18.7 Å². The Morgan fingerprint density at radius 3 is 2.44 bits per heavy atom. The minimum atomic E-state index is -0.399. The van der Waals surface area contributed by atoms with E-state index in [9.17, 15) is 14.4 Å². The summed E-state index contributed by atoms with van der Waals surface area (Å²) in [5.74, 6) is -0.295. The fourth-order valence-corrected chi connectivity index (χ4v) is 3.52. The van der Waals surface area contributed by atoms with Crippen molar-refractivity contribution < 1.29 is 9.53 Å². The van der Waals surface area contributed by atoms with Gasteiger partial charge in [0.05, 0.1) is 18.7 Å². The molecule has 2 aromatic heterocycles. The third-order valence-electron chi connectivity index (χ3n) is 4.97. The molecule has 3 heterocycles. The molecule has 0 spiro atoms. The van der Waals surface area contributed by atoms with E-state index in [2.05, 4.69) is 9.88 Å². The Kier molecular flexibility index (Phi) is 4.36. The van der Waals surface area contributed by atoms with Crippen molar-refractivity contribution in [1.82, 2.24) is 14.1 Å². The van der Waals surface area contributed by atoms with Crippen LogP contribution in [-0.4, -0.2) is 40.3 Å². The van der Waals surface area contributed by atoms with Gasteiger partial charge < -0.3 is 9.64 Å². The Labute approximate surface area is 144 Å². The van der Waals surface area contributed by atoms with E-state index in [1.807, 2.05) is 6.92 Å². The molecule has 0 saturated carbocycles. The molecule has 2 aromatic rings. The van der Waals surface area contributed by atoms with Gasteiger partial charge in [-0.25, -0.2) is 9.78 Å². The van der Waals surface area contributed by atoms with Crippen LogP contribution in [0.5, 0.6) is 0 Å². The van der Waals surface area contributed by atoms with Crippen molar-refractivity contribution in [3.8, 4) is 0 Å². The maximum atomic E-state index is 12.7. The van der Waals surface area contributed by atoms with Crippen LogP contribution >= 0.6 is 0 Å². The fourth-order valence-electron chi connectivity index (χ4n) is 3.52. The third-order valence-corrected chi connectivity index (χ3v) is 4.97. The molecule has 0 amide bonds. The average Bonchev–Trinajstić information content (AvgIpc) is 2.63. The van der Waals surface area contributed by atoms with Crippen molar-refractivity contribution in [2.24, 2.45) is 20.0 Å². The predicted molar refractivity (Wildman–Crippen MR) is 93.9 cm³/mol. The minimum Gasteiger partial charge on any atom is -0.469 e. The summed E-state index contributed by atoms with van der Waals surface area (Å²) in [5, 5.41) is 0.445. The van der Waals surface area contributed by atoms with Crippen LogP contribution in [0.25, 0.3) is 11.0 Å². The number of esters is 1. The summed E-state index contributed by atoms with van der Waals surface area (Å²) >= 11 is 0. The molecule has 1 aliphatic rings. The van der Waals surface area contributed by atoms with Gasteiger partial charge in [-0.3, -0.25) is 18.7 Å². The van der Waals surface area contributed by atoms with E-state index in [1.54, 1.807) is 13.2 Å². The fraction of sp³-hybridized carbons (Fsp3) is 0.529. The highest BCUT2D eigenvalue weighted by Gasteiger charge is 2.28. The van der Waals surface area contributed by atoms with Gasteiger partial charge in [-0.05, 0) is 25.3 Å². The number of ether oxygens (including phenoxy) is 1. The Morgan fingerprint density at radius 2 is 1.84 bits per heavy atom. The topological polar surface area (TPSA) is 86.4 Å². The number of piperidine rings is 1. The minimum absolute atomic E-state index is 0.109. The van der Waals surface area contributed by atoms with E-state index in [-0.39, 0.29) is 17.4 Å². The number of aromatic nitrogens is 3. The van der Waals surface area contributed by atoms with Crippen LogP contribution in [-0.2, 0) is 23.6 Å². The summed E-state index contributed by atoms with van der Waals surface area (Å²) < 4.78 is 7.32. The highest BCUT2D eigenvalue weighted by atomic mass is 16.5. The first-order chi connectivity index (χ1) is 11.9. The molecule has 134 valence electrons. The molecular weight excluding hydrogens is 324 g/mol. The smallest absolute Gasteiger partial charge is 0.332 e. The van der Waals surface area contributed by atoms with Crippen molar-refractivity contribution in [1.29, 1.82) is 0 Å². The SMILES string of the molecule is COC(=O)C1CCN(c2c(C)cnc3c2c(=O)n(C)c(=O)n3C)CC1. The van der Waals surface area contributed by atoms with Gasteiger partial charge in [0.2, 0.25) is 0 Å². The number of fused-ring (bicyclic) bond motifs is 1. The van der Waals surface area contributed by atoms with E-state index in [0.29, 0.717) is 37.0 Å². The maximum absolute atomic E-state index is 12.7. The largest absolute Gasteiger partial charge is 0.469 e. The molecular formula is C17H22N4O4. The summed E-state index contributed by atoms with van der Waals surface area (Å²) in [6, 6.07) is 0. The molecule has 0 bridgehead atoms. The summed E-state index contributed by atoms with van der Waals surface area (Å²) in [6.45, 7) is 3.19. The van der Waals surface area contributed by atoms with Crippen molar-refractivity contribution in [3.05, 3.63) is 32.6 Å². The molecule has 1 saturated heterocycles. The summed E-state index contributed by atoms with van der Waals surface area (Å²) in [7, 11) is 4.48. The number of carbonyl (C=O) groups excluding carboxylic acids is 1. The van der Waals surface area contributed by atoms with Gasteiger partial charge in [0, 0.05) is 33.4 Å². The highest BCUT2D eigenvalue weighted by Crippen LogP contribution is 2.30. The third kappa shape index (κ3) is 2.71. The molecule has 8 heteroatoms. The van der Waals surface area contributed by atoms with E-state index >= 15 is 0 Å². The molecule has 0 atom stereocenters. The molecule has 0 radical (unpaired) electrons. The first-order valence-electron chi connectivity index (χ1n) is 8.25. The van der Waals surface area contributed by atoms with Crippen LogP contribution < -0.4 is 16.1 Å². The van der Waals surface area contributed by atoms with Crippen molar-refractivity contribution >= 4 is 22.7 Å². The second-order valence-corrected chi connectivity index (χ2v) is 6.48. The Bertz CT molecular complexity index is 952. The maximum Gasteiger partial charge on any atom is 0.332 e. The lowest BCUT2D eigenvalue weighted by molar-refractivity contribution is -0.146. The zero-order chi connectivity index (χ0) is 18.3. The van der Waals surface area contributed by atoms with Crippen molar-refractivity contribution in [3.63, 3.8) is 0 Å². The Balaban J connectivity index is 2.12. The number of methoxy groups -OCH3 is 1. The van der Waals surface area contributed by atoms with Crippen LogP contribution in [0, 0.1) is 12.8 Å². The molecule has 3 rings (SSSR count). The monoisotopic (exact) mass is 346 g/mol. The first kappa shape index (κ1) is 17.2. The zero-order valence-corrected chi connectivity index (χ0v) is 14.9. The van der Waals surface area contributed by atoms with Gasteiger partial charge in [0.1, 0.15) is 5.39 Å². The van der Waals surface area contributed by atoms with Gasteiger partial charge in [-0.1, -0.05) is 0 Å². The van der Waals surface area contributed by atoms with Crippen molar-refractivity contribution in [2.75, 3.05) is 25.1 Å². The van der Waals surface area contributed by atoms with Gasteiger partial charge in [0.25, 0.3) is 5.56 Å². The van der Waals surface area contributed by atoms with Crippen LogP contribution in [0.3, 0.4) is 0 Å². The number of nitrogens with zero attached hydrogens (tertiary/aromatic N) is 4. The van der Waals surface area contributed by atoms with Crippen LogP contribution in [0.1, 0.15) is 18.4 Å². The molecule has 8 nitrogen and oxygen atoms in total. The first-order valence-corrected chi connectivity index (χ1v) is 8.25. The van der Waals surface area contributed by atoms with Gasteiger partial charge in [-0.2, -0.15) is 0 Å². The Hall–Kier alpha value is -2.64. The summed E-state index contributed by atoms with van der Waals surface area (Å²) in [4.78, 5) is 43.0. The number of hydrogen-bond donors (Lipinski definition) is 0. The normalized spacial score (nSPS) is 15.6. The lowest BCUT2D eigenvalue weighted by atomic mass is 9.96. The molecule has 1 fully saturated rings. The lowest BCUT2D eigenvalue weighted by Gasteiger charge is -2.34. The quantitative estimate of drug-likeness (QED) is 0.729. The number of hydrogen-bond acceptors (Lipinski definition) is 6. The van der Waals surface area contributed by atoms with Crippen LogP contribution in [0.15, 0.2) is 15.8 Å². The molecule has 0 N–H and O–H groups in total. The number of carbonyl (C=O) groups is 1. The summed E-state index contributed by atoms with van der Waals surface area (Å²) in [5.41, 5.74) is 1.30. The van der Waals surface area contributed by atoms with E-state index in [4.69, 9.17) is 4.74 Å². The number of anilines is 1. The highest BCUT2D eigenvalue weighted by molar-refractivity contribution is 5.90. The molecule has 0 aromatic carbocycles. The molecule has 0 unspecified atom stereocenters. The lowest BCUT2D eigenvalue weighted by Crippen LogP contribution is -2.40. The van der Waals surface area contributed by atoms with Crippen molar-refractivity contribution in [2.45, 2.75) is 19.8 Å². The standard InChI is InChI=1S/C17H22N4O4/c1-10-9-18-14-12(15(22)20(3)17(24)19(14)2)13(10)21-7-5-11(6-8-21)16(23)25-4/h9,11H,5-8H2,1-4H3. The molecule has 0 aliphatic carbocycles. The predicted octanol–water partition coefficient (Wildman–Crippen LogP) is 0.330. The summed E-state index contributed by atoms with van der Waals surface area (Å²) in [6.07, 6.45) is 3.02. The van der Waals surface area contributed by atoms with E-state index in [0.717, 1.165) is 15.8 Å². The van der Waals surface area contributed by atoms with Gasteiger partial charge in [0.15, 0.2) is 5.65 Å². The van der Waals surface area contributed by atoms with E-state index < -0.39 is 5.69 Å². The van der Waals surface area contributed by atoms with Crippen LogP contribution in [0.2, 0.25) is 0 Å². The second-order valence-electron chi connectivity index (χ2n) is 6.48. The van der Waals surface area contributed by atoms with Crippen LogP contribution in [0.4, 0.5) is 5.69 Å². The zero-order valence-electron chi connectivity index (χ0n) is 14.9. The average molecular weight is 346 g/mol. The second kappa shape index (κ2) is 6.34. The number of aryl methyl sites for hydroxylation is 2. The number of rotatable bonds is 2. The Morgan fingerprint density at radius 1 is 1.20 bits per heavy atom. The number of pyridine rings is 1.